The van der Waals surface area contributed by atoms with Gasteiger partial charge in [-0.1, -0.05) is 56.6 Å². The van der Waals surface area contributed by atoms with Crippen molar-refractivity contribution in [3.8, 4) is 5.75 Å². The quantitative estimate of drug-likeness (QED) is 0.574. The summed E-state index contributed by atoms with van der Waals surface area (Å²) in [6, 6.07) is 15.2. The van der Waals surface area contributed by atoms with Crippen molar-refractivity contribution >= 4 is 17.6 Å². The van der Waals surface area contributed by atoms with E-state index in [-0.39, 0.29) is 11.4 Å². The normalized spacial score (nSPS) is 11.3. The lowest BCUT2D eigenvalue weighted by molar-refractivity contribution is -0.134. The fourth-order valence-corrected chi connectivity index (χ4v) is 2.23. The minimum absolute atomic E-state index is 0.145. The third-order valence-electron chi connectivity index (χ3n) is 3.48. The average Bonchev–Trinajstić information content (AvgIpc) is 2.47. The van der Waals surface area contributed by atoms with Gasteiger partial charge in [0.25, 0.3) is 0 Å². The smallest absolute Gasteiger partial charge is 0.311 e. The summed E-state index contributed by atoms with van der Waals surface area (Å²) in [5.74, 6) is 0.291. The Bertz CT molecular complexity index is 622. The lowest BCUT2D eigenvalue weighted by Crippen LogP contribution is -2.11. The highest BCUT2D eigenvalue weighted by molar-refractivity contribution is 6.30. The molecule has 0 bridgehead atoms. The van der Waals surface area contributed by atoms with Gasteiger partial charge in [0.15, 0.2) is 0 Å². The molecule has 0 aliphatic heterocycles. The number of carbonyl (C=O) groups is 1. The molecule has 0 saturated heterocycles. The van der Waals surface area contributed by atoms with Gasteiger partial charge in [-0.05, 0) is 47.2 Å². The SMILES string of the molecule is CC(C)(C)c1ccc(CCC(=O)Oc2ccc(Cl)cc2)cc1. The Morgan fingerprint density at radius 2 is 1.59 bits per heavy atom. The van der Waals surface area contributed by atoms with E-state index in [1.54, 1.807) is 24.3 Å². The van der Waals surface area contributed by atoms with E-state index in [1.807, 2.05) is 0 Å². The minimum Gasteiger partial charge on any atom is -0.427 e. The Morgan fingerprint density at radius 1 is 1.00 bits per heavy atom. The number of carbonyl (C=O) groups excluding carboxylic acids is 1. The van der Waals surface area contributed by atoms with Crippen LogP contribution in [-0.4, -0.2) is 5.97 Å². The summed E-state index contributed by atoms with van der Waals surface area (Å²) in [5.41, 5.74) is 2.58. The second-order valence-electron chi connectivity index (χ2n) is 6.37. The molecule has 0 aliphatic rings. The van der Waals surface area contributed by atoms with Crippen molar-refractivity contribution in [2.24, 2.45) is 0 Å². The predicted molar refractivity (Wildman–Crippen MR) is 90.6 cm³/mol. The average molecular weight is 317 g/mol. The summed E-state index contributed by atoms with van der Waals surface area (Å²) in [6.07, 6.45) is 1.04. The third-order valence-corrected chi connectivity index (χ3v) is 3.74. The van der Waals surface area contributed by atoms with Crippen molar-refractivity contribution in [2.45, 2.75) is 39.0 Å². The van der Waals surface area contributed by atoms with Gasteiger partial charge in [0.2, 0.25) is 0 Å². The maximum atomic E-state index is 11.8. The molecule has 0 radical (unpaired) electrons. The van der Waals surface area contributed by atoms with Crippen LogP contribution < -0.4 is 4.74 Å². The first-order valence-electron chi connectivity index (χ1n) is 7.40. The van der Waals surface area contributed by atoms with Crippen LogP contribution >= 0.6 is 11.6 Å². The van der Waals surface area contributed by atoms with Gasteiger partial charge in [-0.3, -0.25) is 4.79 Å². The van der Waals surface area contributed by atoms with E-state index in [0.717, 1.165) is 5.56 Å². The number of ether oxygens (including phenoxy) is 1. The standard InChI is InChI=1S/C19H21ClO2/c1-19(2,3)15-7-4-14(5-8-15)6-13-18(21)22-17-11-9-16(20)10-12-17/h4-5,7-12H,6,13H2,1-3H3. The highest BCUT2D eigenvalue weighted by atomic mass is 35.5. The van der Waals surface area contributed by atoms with E-state index in [0.29, 0.717) is 23.6 Å². The lowest BCUT2D eigenvalue weighted by Gasteiger charge is -2.19. The van der Waals surface area contributed by atoms with E-state index in [2.05, 4.69) is 45.0 Å². The van der Waals surface area contributed by atoms with Crippen molar-refractivity contribution in [3.63, 3.8) is 0 Å². The number of esters is 1. The molecule has 2 aromatic rings. The number of aryl methyl sites for hydroxylation is 1. The second kappa shape index (κ2) is 6.97. The van der Waals surface area contributed by atoms with Crippen LogP contribution in [0.2, 0.25) is 5.02 Å². The minimum atomic E-state index is -0.234. The van der Waals surface area contributed by atoms with Gasteiger partial charge in [0, 0.05) is 11.4 Å². The number of benzene rings is 2. The van der Waals surface area contributed by atoms with Crippen LogP contribution in [0, 0.1) is 0 Å². The molecular formula is C19H21ClO2. The summed E-state index contributed by atoms with van der Waals surface area (Å²) in [6.45, 7) is 6.56. The highest BCUT2D eigenvalue weighted by Crippen LogP contribution is 2.22. The fourth-order valence-electron chi connectivity index (χ4n) is 2.10. The Kier molecular flexibility index (Phi) is 5.25. The molecule has 0 saturated carbocycles. The molecule has 0 amide bonds. The number of rotatable bonds is 4. The van der Waals surface area contributed by atoms with Crippen LogP contribution in [0.4, 0.5) is 0 Å². The maximum Gasteiger partial charge on any atom is 0.311 e. The van der Waals surface area contributed by atoms with E-state index < -0.39 is 0 Å². The molecule has 0 N–H and O–H groups in total. The van der Waals surface area contributed by atoms with Crippen molar-refractivity contribution < 1.29 is 9.53 Å². The largest absolute Gasteiger partial charge is 0.427 e. The van der Waals surface area contributed by atoms with Gasteiger partial charge in [-0.2, -0.15) is 0 Å². The molecule has 0 spiro atoms. The number of hydrogen-bond acceptors (Lipinski definition) is 2. The molecule has 2 nitrogen and oxygen atoms in total. The molecule has 0 heterocycles. The second-order valence-corrected chi connectivity index (χ2v) is 6.81. The van der Waals surface area contributed by atoms with Gasteiger partial charge in [0.05, 0.1) is 0 Å². The van der Waals surface area contributed by atoms with E-state index >= 15 is 0 Å². The predicted octanol–water partition coefficient (Wildman–Crippen LogP) is 5.18. The van der Waals surface area contributed by atoms with Gasteiger partial charge in [-0.25, -0.2) is 0 Å². The third kappa shape index (κ3) is 4.88. The molecule has 0 fully saturated rings. The molecule has 22 heavy (non-hydrogen) atoms. The van der Waals surface area contributed by atoms with Gasteiger partial charge in [-0.15, -0.1) is 0 Å². The zero-order chi connectivity index (χ0) is 16.2. The van der Waals surface area contributed by atoms with Crippen LogP contribution in [0.1, 0.15) is 38.3 Å². The van der Waals surface area contributed by atoms with Crippen molar-refractivity contribution in [1.82, 2.24) is 0 Å². The van der Waals surface area contributed by atoms with Crippen molar-refractivity contribution in [2.75, 3.05) is 0 Å². The summed E-state index contributed by atoms with van der Waals surface area (Å²) < 4.78 is 5.27. The number of halogens is 1. The van der Waals surface area contributed by atoms with Gasteiger partial charge < -0.3 is 4.74 Å². The topological polar surface area (TPSA) is 26.3 Å². The molecule has 116 valence electrons. The summed E-state index contributed by atoms with van der Waals surface area (Å²) in [5, 5.41) is 0.624. The summed E-state index contributed by atoms with van der Waals surface area (Å²) in [7, 11) is 0. The first kappa shape index (κ1) is 16.6. The molecular weight excluding hydrogens is 296 g/mol. The molecule has 2 aromatic carbocycles. The molecule has 0 aliphatic carbocycles. The van der Waals surface area contributed by atoms with E-state index in [1.165, 1.54) is 5.56 Å². The van der Waals surface area contributed by atoms with Crippen LogP contribution in [0.15, 0.2) is 48.5 Å². The first-order valence-corrected chi connectivity index (χ1v) is 7.78. The Balaban J connectivity index is 1.87. The molecule has 2 rings (SSSR count). The Labute approximate surface area is 137 Å². The van der Waals surface area contributed by atoms with Gasteiger partial charge >= 0.3 is 5.97 Å². The zero-order valence-corrected chi connectivity index (χ0v) is 14.0. The maximum absolute atomic E-state index is 11.8. The van der Waals surface area contributed by atoms with Crippen LogP contribution in [-0.2, 0) is 16.6 Å². The molecule has 0 aromatic heterocycles. The fraction of sp³-hybridized carbons (Fsp3) is 0.316. The Morgan fingerprint density at radius 3 is 2.14 bits per heavy atom. The molecule has 0 atom stereocenters. The Hall–Kier alpha value is -1.80. The van der Waals surface area contributed by atoms with Gasteiger partial charge in [0.1, 0.15) is 5.75 Å². The summed E-state index contributed by atoms with van der Waals surface area (Å²) in [4.78, 5) is 11.8. The van der Waals surface area contributed by atoms with E-state index in [4.69, 9.17) is 16.3 Å². The summed E-state index contributed by atoms with van der Waals surface area (Å²) >= 11 is 5.79. The van der Waals surface area contributed by atoms with Crippen molar-refractivity contribution in [1.29, 1.82) is 0 Å². The first-order chi connectivity index (χ1) is 10.3. The number of hydrogen-bond donors (Lipinski definition) is 0. The van der Waals surface area contributed by atoms with Crippen LogP contribution in [0.5, 0.6) is 5.75 Å². The molecule has 0 unspecified atom stereocenters. The highest BCUT2D eigenvalue weighted by Gasteiger charge is 2.13. The molecule has 3 heteroatoms. The van der Waals surface area contributed by atoms with Crippen LogP contribution in [0.3, 0.4) is 0 Å². The van der Waals surface area contributed by atoms with Crippen LogP contribution in [0.25, 0.3) is 0 Å². The van der Waals surface area contributed by atoms with E-state index in [9.17, 15) is 4.79 Å². The zero-order valence-electron chi connectivity index (χ0n) is 13.2. The monoisotopic (exact) mass is 316 g/mol. The van der Waals surface area contributed by atoms with Crippen molar-refractivity contribution in [3.05, 3.63) is 64.7 Å². The lowest BCUT2D eigenvalue weighted by atomic mass is 9.86.